The minimum atomic E-state index is -1.01. The lowest BCUT2D eigenvalue weighted by molar-refractivity contribution is -0.121. The summed E-state index contributed by atoms with van der Waals surface area (Å²) in [5, 5.41) is 5.97. The van der Waals surface area contributed by atoms with Crippen LogP contribution in [0.3, 0.4) is 0 Å². The van der Waals surface area contributed by atoms with Crippen molar-refractivity contribution in [2.45, 2.75) is 6.04 Å². The van der Waals surface area contributed by atoms with Gasteiger partial charge in [0.25, 0.3) is 5.91 Å². The molecule has 0 unspecified atom stereocenters. The molecule has 7 nitrogen and oxygen atoms in total. The topological polar surface area (TPSA) is 79.3 Å². The van der Waals surface area contributed by atoms with Crippen LogP contribution in [0, 0.1) is 5.92 Å². The van der Waals surface area contributed by atoms with E-state index in [1.165, 1.54) is 12.1 Å². The fraction of sp³-hybridized carbons (Fsp3) is 0.120. The SMILES string of the molecule is COc1ccccc1N1C(=O)[C@H]2C(C(=O)c3ccccc3)=NN(c3ccccc3)[C@@H]2C1=O. The van der Waals surface area contributed by atoms with E-state index in [-0.39, 0.29) is 11.5 Å². The van der Waals surface area contributed by atoms with Gasteiger partial charge < -0.3 is 4.74 Å². The average Bonchev–Trinajstić information content (AvgIpc) is 3.36. The van der Waals surface area contributed by atoms with Crippen LogP contribution in [0.25, 0.3) is 0 Å². The number of hydrogen-bond acceptors (Lipinski definition) is 6. The van der Waals surface area contributed by atoms with Gasteiger partial charge in [-0.05, 0) is 24.3 Å². The third-order valence-corrected chi connectivity index (χ3v) is 5.66. The summed E-state index contributed by atoms with van der Waals surface area (Å²) < 4.78 is 5.37. The maximum atomic E-state index is 13.6. The van der Waals surface area contributed by atoms with Crippen LogP contribution >= 0.6 is 0 Å². The Balaban J connectivity index is 1.63. The molecule has 2 heterocycles. The highest BCUT2D eigenvalue weighted by atomic mass is 16.5. The summed E-state index contributed by atoms with van der Waals surface area (Å²) >= 11 is 0. The van der Waals surface area contributed by atoms with E-state index < -0.39 is 23.8 Å². The first-order chi connectivity index (χ1) is 15.6. The van der Waals surface area contributed by atoms with Gasteiger partial charge in [0.2, 0.25) is 11.7 Å². The fourth-order valence-corrected chi connectivity index (χ4v) is 4.19. The predicted molar refractivity (Wildman–Crippen MR) is 120 cm³/mol. The van der Waals surface area contributed by atoms with Gasteiger partial charge in [0.15, 0.2) is 0 Å². The number of benzene rings is 3. The second-order valence-electron chi connectivity index (χ2n) is 7.47. The molecule has 0 aromatic heterocycles. The minimum Gasteiger partial charge on any atom is -0.495 e. The van der Waals surface area contributed by atoms with Crippen LogP contribution in [0.5, 0.6) is 5.75 Å². The first-order valence-corrected chi connectivity index (χ1v) is 10.1. The molecule has 2 aliphatic rings. The highest BCUT2D eigenvalue weighted by molar-refractivity contribution is 6.53. The first-order valence-electron chi connectivity index (χ1n) is 10.1. The van der Waals surface area contributed by atoms with Gasteiger partial charge in [0, 0.05) is 5.56 Å². The first kappa shape index (κ1) is 19.7. The van der Waals surface area contributed by atoms with Crippen molar-refractivity contribution in [1.82, 2.24) is 0 Å². The van der Waals surface area contributed by atoms with Crippen molar-refractivity contribution >= 4 is 34.7 Å². The number of Topliss-reactive ketones (excluding diaryl/α,β-unsaturated/α-hetero) is 1. The molecule has 3 aromatic carbocycles. The maximum absolute atomic E-state index is 13.6. The van der Waals surface area contributed by atoms with Crippen LogP contribution in [0.2, 0.25) is 0 Å². The summed E-state index contributed by atoms with van der Waals surface area (Å²) in [6.45, 7) is 0. The summed E-state index contributed by atoms with van der Waals surface area (Å²) in [6, 6.07) is 23.6. The van der Waals surface area contributed by atoms with Crippen molar-refractivity contribution in [2.75, 3.05) is 17.0 Å². The number of amides is 2. The van der Waals surface area contributed by atoms with Gasteiger partial charge >= 0.3 is 0 Å². The number of fused-ring (bicyclic) bond motifs is 1. The number of ether oxygens (including phenoxy) is 1. The Labute approximate surface area is 184 Å². The third kappa shape index (κ3) is 2.98. The van der Waals surface area contributed by atoms with Crippen molar-refractivity contribution < 1.29 is 19.1 Å². The van der Waals surface area contributed by atoms with Gasteiger partial charge in [-0.15, -0.1) is 0 Å². The lowest BCUT2D eigenvalue weighted by Crippen LogP contribution is -2.39. The van der Waals surface area contributed by atoms with Gasteiger partial charge in [-0.2, -0.15) is 5.10 Å². The Morgan fingerprint density at radius 1 is 0.844 bits per heavy atom. The van der Waals surface area contributed by atoms with E-state index in [2.05, 4.69) is 5.10 Å². The molecule has 0 radical (unpaired) electrons. The largest absolute Gasteiger partial charge is 0.495 e. The van der Waals surface area contributed by atoms with Crippen molar-refractivity contribution in [3.05, 3.63) is 90.5 Å². The molecule has 5 rings (SSSR count). The Bertz CT molecular complexity index is 1240. The van der Waals surface area contributed by atoms with Crippen LogP contribution in [-0.2, 0) is 9.59 Å². The molecule has 0 saturated carbocycles. The van der Waals surface area contributed by atoms with Crippen LogP contribution in [0.1, 0.15) is 10.4 Å². The molecule has 158 valence electrons. The molecule has 0 N–H and O–H groups in total. The second kappa shape index (κ2) is 7.77. The van der Waals surface area contributed by atoms with E-state index in [0.717, 1.165) is 4.90 Å². The Morgan fingerprint density at radius 2 is 1.47 bits per heavy atom. The van der Waals surface area contributed by atoms with Crippen LogP contribution < -0.4 is 14.6 Å². The zero-order valence-electron chi connectivity index (χ0n) is 17.2. The zero-order chi connectivity index (χ0) is 22.2. The number of rotatable bonds is 5. The molecule has 1 fully saturated rings. The maximum Gasteiger partial charge on any atom is 0.260 e. The zero-order valence-corrected chi connectivity index (χ0v) is 17.2. The van der Waals surface area contributed by atoms with Gasteiger partial charge in [-0.1, -0.05) is 60.7 Å². The summed E-state index contributed by atoms with van der Waals surface area (Å²) in [7, 11) is 1.48. The molecule has 0 bridgehead atoms. The fourth-order valence-electron chi connectivity index (χ4n) is 4.19. The van der Waals surface area contributed by atoms with E-state index in [1.54, 1.807) is 66.7 Å². The average molecular weight is 425 g/mol. The Kier molecular flexibility index (Phi) is 4.78. The standard InChI is InChI=1S/C25H19N3O4/c1-32-19-15-9-8-14-18(19)27-24(30)20-21(23(29)16-10-4-2-5-11-16)26-28(22(20)25(27)31)17-12-6-3-7-13-17/h2-15,20,22H,1H3/t20-,22-/m0/s1. The number of anilines is 2. The number of imide groups is 1. The van der Waals surface area contributed by atoms with Crippen molar-refractivity contribution in [1.29, 1.82) is 0 Å². The summed E-state index contributed by atoms with van der Waals surface area (Å²) in [4.78, 5) is 41.6. The summed E-state index contributed by atoms with van der Waals surface area (Å²) in [5.41, 5.74) is 1.44. The highest BCUT2D eigenvalue weighted by Gasteiger charge is 2.59. The Hall–Kier alpha value is -4.26. The quantitative estimate of drug-likeness (QED) is 0.463. The minimum absolute atomic E-state index is 0.0563. The van der Waals surface area contributed by atoms with E-state index in [0.29, 0.717) is 22.7 Å². The number of hydrazone groups is 1. The van der Waals surface area contributed by atoms with E-state index in [9.17, 15) is 14.4 Å². The molecule has 3 aromatic rings. The molecule has 1 saturated heterocycles. The molecular formula is C25H19N3O4. The molecule has 0 aliphatic carbocycles. The molecule has 2 aliphatic heterocycles. The molecule has 2 amide bonds. The van der Waals surface area contributed by atoms with Crippen LogP contribution in [0.15, 0.2) is 90.0 Å². The monoisotopic (exact) mass is 425 g/mol. The number of hydrogen-bond donors (Lipinski definition) is 0. The van der Waals surface area contributed by atoms with Crippen LogP contribution in [0.4, 0.5) is 11.4 Å². The highest BCUT2D eigenvalue weighted by Crippen LogP contribution is 2.40. The van der Waals surface area contributed by atoms with Crippen molar-refractivity contribution in [3.63, 3.8) is 0 Å². The molecule has 0 spiro atoms. The summed E-state index contributed by atoms with van der Waals surface area (Å²) in [6.07, 6.45) is 0. The second-order valence-corrected chi connectivity index (χ2v) is 7.47. The number of para-hydroxylation sites is 3. The van der Waals surface area contributed by atoms with Crippen molar-refractivity contribution in [3.8, 4) is 5.75 Å². The lowest BCUT2D eigenvalue weighted by Gasteiger charge is -2.22. The smallest absolute Gasteiger partial charge is 0.260 e. The van der Waals surface area contributed by atoms with Crippen LogP contribution in [-0.4, -0.2) is 36.5 Å². The van der Waals surface area contributed by atoms with Gasteiger partial charge in [0.1, 0.15) is 23.4 Å². The van der Waals surface area contributed by atoms with E-state index in [1.807, 2.05) is 18.2 Å². The molecule has 32 heavy (non-hydrogen) atoms. The number of methoxy groups -OCH3 is 1. The van der Waals surface area contributed by atoms with Gasteiger partial charge in [0.05, 0.1) is 18.5 Å². The van der Waals surface area contributed by atoms with Gasteiger partial charge in [-0.25, -0.2) is 4.90 Å². The number of ketones is 1. The van der Waals surface area contributed by atoms with E-state index >= 15 is 0 Å². The normalized spacial score (nSPS) is 19.7. The van der Waals surface area contributed by atoms with E-state index in [4.69, 9.17) is 4.74 Å². The molecule has 2 atom stereocenters. The lowest BCUT2D eigenvalue weighted by atomic mass is 9.92. The number of carbonyl (C=O) groups is 3. The predicted octanol–water partition coefficient (Wildman–Crippen LogP) is 3.31. The Morgan fingerprint density at radius 3 is 2.16 bits per heavy atom. The third-order valence-electron chi connectivity index (χ3n) is 5.66. The molecule has 7 heteroatoms. The van der Waals surface area contributed by atoms with Gasteiger partial charge in [-0.3, -0.25) is 19.4 Å². The van der Waals surface area contributed by atoms with Crippen molar-refractivity contribution in [2.24, 2.45) is 11.0 Å². The molecular weight excluding hydrogens is 406 g/mol. The number of carbonyl (C=O) groups excluding carboxylic acids is 3. The number of nitrogens with zero attached hydrogens (tertiary/aromatic N) is 3. The summed E-state index contributed by atoms with van der Waals surface area (Å²) in [5.74, 6) is -1.94.